The first kappa shape index (κ1) is 17.3. The molecule has 5 nitrogen and oxygen atoms in total. The van der Waals surface area contributed by atoms with Gasteiger partial charge in [-0.2, -0.15) is 0 Å². The number of pyridine rings is 1. The van der Waals surface area contributed by atoms with Crippen molar-refractivity contribution < 1.29 is 13.9 Å². The molecule has 0 fully saturated rings. The van der Waals surface area contributed by atoms with Crippen LogP contribution in [-0.4, -0.2) is 40.1 Å². The predicted molar refractivity (Wildman–Crippen MR) is 95.3 cm³/mol. The van der Waals surface area contributed by atoms with Crippen LogP contribution in [-0.2, 0) is 11.3 Å². The molecule has 2 heterocycles. The van der Waals surface area contributed by atoms with Crippen molar-refractivity contribution >= 4 is 23.2 Å². The van der Waals surface area contributed by atoms with Crippen molar-refractivity contribution in [2.75, 3.05) is 19.9 Å². The van der Waals surface area contributed by atoms with Gasteiger partial charge in [0.2, 0.25) is 5.91 Å². The van der Waals surface area contributed by atoms with Crippen LogP contribution in [0.2, 0.25) is 0 Å². The molecule has 1 aromatic carbocycles. The van der Waals surface area contributed by atoms with Crippen molar-refractivity contribution in [3.05, 3.63) is 60.2 Å². The minimum Gasteiger partial charge on any atom is -0.494 e. The van der Waals surface area contributed by atoms with Crippen LogP contribution in [0.5, 0.6) is 5.75 Å². The number of benzene rings is 1. The number of rotatable bonds is 6. The molecule has 0 bridgehead atoms. The van der Waals surface area contributed by atoms with E-state index in [4.69, 9.17) is 4.74 Å². The van der Waals surface area contributed by atoms with Crippen LogP contribution >= 0.6 is 11.8 Å². The number of ether oxygens (including phenoxy) is 1. The Morgan fingerprint density at radius 2 is 2.20 bits per heavy atom. The van der Waals surface area contributed by atoms with Gasteiger partial charge < -0.3 is 9.64 Å². The number of nitrogens with zero attached hydrogens (tertiary/aromatic N) is 3. The largest absolute Gasteiger partial charge is 0.494 e. The zero-order valence-corrected chi connectivity index (χ0v) is 14.8. The highest BCUT2D eigenvalue weighted by Crippen LogP contribution is 2.20. The Morgan fingerprint density at radius 3 is 2.96 bits per heavy atom. The lowest BCUT2D eigenvalue weighted by atomic mass is 10.2. The summed E-state index contributed by atoms with van der Waals surface area (Å²) in [6, 6.07) is 10.5. The monoisotopic (exact) mass is 359 g/mol. The van der Waals surface area contributed by atoms with Crippen molar-refractivity contribution in [3.8, 4) is 5.75 Å². The van der Waals surface area contributed by atoms with E-state index in [1.807, 2.05) is 28.8 Å². The quantitative estimate of drug-likeness (QED) is 0.634. The van der Waals surface area contributed by atoms with Crippen LogP contribution in [0.25, 0.3) is 5.52 Å². The van der Waals surface area contributed by atoms with E-state index in [0.717, 1.165) is 10.7 Å². The van der Waals surface area contributed by atoms with Gasteiger partial charge in [0.05, 0.1) is 24.6 Å². The van der Waals surface area contributed by atoms with E-state index >= 15 is 0 Å². The average molecular weight is 359 g/mol. The van der Waals surface area contributed by atoms with Crippen LogP contribution in [0, 0.1) is 5.82 Å². The molecule has 0 unspecified atom stereocenters. The molecule has 0 radical (unpaired) electrons. The van der Waals surface area contributed by atoms with Crippen molar-refractivity contribution in [2.45, 2.75) is 11.7 Å². The Bertz CT molecular complexity index is 897. The summed E-state index contributed by atoms with van der Waals surface area (Å²) >= 11 is 1.38. The lowest BCUT2D eigenvalue weighted by Gasteiger charge is -2.17. The number of hydrogen-bond acceptors (Lipinski definition) is 4. The van der Waals surface area contributed by atoms with Gasteiger partial charge in [-0.25, -0.2) is 9.37 Å². The molecule has 2 aromatic heterocycles. The molecule has 3 aromatic rings. The zero-order valence-electron chi connectivity index (χ0n) is 14.0. The number of amides is 1. The summed E-state index contributed by atoms with van der Waals surface area (Å²) in [5.74, 6) is -0.0178. The van der Waals surface area contributed by atoms with Gasteiger partial charge in [0, 0.05) is 19.8 Å². The lowest BCUT2D eigenvalue weighted by Crippen LogP contribution is -2.27. The third-order valence-corrected chi connectivity index (χ3v) is 4.74. The van der Waals surface area contributed by atoms with E-state index in [2.05, 4.69) is 4.98 Å². The average Bonchev–Trinajstić information content (AvgIpc) is 3.03. The van der Waals surface area contributed by atoms with Gasteiger partial charge in [-0.1, -0.05) is 23.9 Å². The Hall–Kier alpha value is -2.54. The number of methoxy groups -OCH3 is 1. The van der Waals surface area contributed by atoms with Crippen LogP contribution in [0.4, 0.5) is 4.39 Å². The number of carbonyl (C=O) groups is 1. The van der Waals surface area contributed by atoms with E-state index in [0.29, 0.717) is 12.1 Å². The summed E-state index contributed by atoms with van der Waals surface area (Å²) in [6.45, 7) is 0.336. The number of carbonyl (C=O) groups excluding carboxylic acids is 1. The Labute approximate surface area is 149 Å². The standard InChI is InChI=1S/C18H18FN3O2S/c1-21(11-13-6-7-16(24-2)15(19)9-13)17(23)12-25-18-20-10-14-5-3-4-8-22(14)18/h3-10H,11-12H2,1-2H3. The second-order valence-corrected chi connectivity index (χ2v) is 6.49. The predicted octanol–water partition coefficient (Wildman–Crippen LogP) is 3.23. The summed E-state index contributed by atoms with van der Waals surface area (Å²) in [7, 11) is 3.12. The first-order valence-electron chi connectivity index (χ1n) is 7.70. The molecule has 0 spiro atoms. The van der Waals surface area contributed by atoms with Crippen LogP contribution < -0.4 is 4.74 Å². The van der Waals surface area contributed by atoms with Crippen molar-refractivity contribution in [3.63, 3.8) is 0 Å². The van der Waals surface area contributed by atoms with E-state index < -0.39 is 5.82 Å². The van der Waals surface area contributed by atoms with Gasteiger partial charge in [0.25, 0.3) is 0 Å². The van der Waals surface area contributed by atoms with E-state index in [-0.39, 0.29) is 17.4 Å². The molecule has 3 rings (SSSR count). The Kier molecular flexibility index (Phi) is 5.23. The first-order chi connectivity index (χ1) is 12.1. The molecule has 0 saturated heterocycles. The smallest absolute Gasteiger partial charge is 0.233 e. The lowest BCUT2D eigenvalue weighted by molar-refractivity contribution is -0.127. The highest BCUT2D eigenvalue weighted by Gasteiger charge is 2.13. The molecule has 0 aliphatic carbocycles. The number of imidazole rings is 1. The second kappa shape index (κ2) is 7.57. The van der Waals surface area contributed by atoms with Crippen molar-refractivity contribution in [1.82, 2.24) is 14.3 Å². The number of halogens is 1. The van der Waals surface area contributed by atoms with Crippen molar-refractivity contribution in [1.29, 1.82) is 0 Å². The Morgan fingerprint density at radius 1 is 1.36 bits per heavy atom. The number of aromatic nitrogens is 2. The normalized spacial score (nSPS) is 10.8. The van der Waals surface area contributed by atoms with Gasteiger partial charge in [-0.3, -0.25) is 9.20 Å². The highest BCUT2D eigenvalue weighted by atomic mass is 32.2. The molecule has 0 aliphatic heterocycles. The molecule has 25 heavy (non-hydrogen) atoms. The molecular formula is C18H18FN3O2S. The van der Waals surface area contributed by atoms with Crippen LogP contribution in [0.1, 0.15) is 5.56 Å². The summed E-state index contributed by atoms with van der Waals surface area (Å²) in [4.78, 5) is 18.2. The maximum Gasteiger partial charge on any atom is 0.233 e. The molecule has 0 aliphatic rings. The topological polar surface area (TPSA) is 46.8 Å². The van der Waals surface area contributed by atoms with Gasteiger partial charge >= 0.3 is 0 Å². The third-order valence-electron chi connectivity index (χ3n) is 3.79. The zero-order chi connectivity index (χ0) is 17.8. The molecule has 7 heteroatoms. The summed E-state index contributed by atoms with van der Waals surface area (Å²) < 4.78 is 20.6. The van der Waals surface area contributed by atoms with E-state index in [1.54, 1.807) is 30.3 Å². The minimum absolute atomic E-state index is 0.0473. The number of fused-ring (bicyclic) bond motifs is 1. The van der Waals surface area contributed by atoms with Crippen molar-refractivity contribution in [2.24, 2.45) is 0 Å². The number of hydrogen-bond donors (Lipinski definition) is 0. The molecule has 0 N–H and O–H groups in total. The van der Waals surface area contributed by atoms with Crippen LogP contribution in [0.15, 0.2) is 53.9 Å². The third kappa shape index (κ3) is 3.93. The molecular weight excluding hydrogens is 341 g/mol. The second-order valence-electron chi connectivity index (χ2n) is 5.54. The maximum atomic E-state index is 13.7. The SMILES string of the molecule is COc1ccc(CN(C)C(=O)CSc2ncc3ccccn23)cc1F. The van der Waals surface area contributed by atoms with Gasteiger partial charge in [-0.05, 0) is 29.8 Å². The van der Waals surface area contributed by atoms with E-state index in [9.17, 15) is 9.18 Å². The minimum atomic E-state index is -0.431. The summed E-state index contributed by atoms with van der Waals surface area (Å²) in [5, 5.41) is 0.771. The highest BCUT2D eigenvalue weighted by molar-refractivity contribution is 7.99. The number of thioether (sulfide) groups is 1. The fraction of sp³-hybridized carbons (Fsp3) is 0.222. The summed E-state index contributed by atoms with van der Waals surface area (Å²) in [6.07, 6.45) is 3.69. The van der Waals surface area contributed by atoms with Gasteiger partial charge in [0.15, 0.2) is 16.7 Å². The Balaban J connectivity index is 1.60. The fourth-order valence-corrected chi connectivity index (χ4v) is 3.34. The fourth-order valence-electron chi connectivity index (χ4n) is 2.43. The van der Waals surface area contributed by atoms with Gasteiger partial charge in [0.1, 0.15) is 0 Å². The first-order valence-corrected chi connectivity index (χ1v) is 8.68. The summed E-state index contributed by atoms with van der Waals surface area (Å²) in [5.41, 5.74) is 1.70. The van der Waals surface area contributed by atoms with Crippen LogP contribution in [0.3, 0.4) is 0 Å². The molecule has 1 amide bonds. The molecule has 0 saturated carbocycles. The molecule has 130 valence electrons. The maximum absolute atomic E-state index is 13.7. The van der Waals surface area contributed by atoms with E-state index in [1.165, 1.54) is 24.9 Å². The van der Waals surface area contributed by atoms with Gasteiger partial charge in [-0.15, -0.1) is 0 Å². The molecule has 0 atom stereocenters.